The molecule has 0 aliphatic rings. The minimum absolute atomic E-state index is 0.412. The molecule has 0 aliphatic carbocycles. The van der Waals surface area contributed by atoms with E-state index in [1.54, 1.807) is 40.4 Å². The predicted molar refractivity (Wildman–Crippen MR) is 62.2 cm³/mol. The maximum Gasteiger partial charge on any atom is 0.433 e. The Balaban J connectivity index is 2.53. The molecular formula is C10H7ClN2O2S. The fourth-order valence-corrected chi connectivity index (χ4v) is 2.07. The molecule has 0 atom stereocenters. The first-order valence-electron chi connectivity index (χ1n) is 4.36. The average Bonchev–Trinajstić information content (AvgIpc) is 2.66. The Morgan fingerprint density at radius 3 is 2.69 bits per heavy atom. The molecule has 4 nitrogen and oxygen atoms in total. The number of aromatic nitrogens is 1. The molecule has 1 aromatic carbocycles. The molecule has 0 aliphatic heterocycles. The van der Waals surface area contributed by atoms with Crippen molar-refractivity contribution in [3.8, 4) is 5.69 Å². The molecule has 1 N–H and O–H groups in total. The van der Waals surface area contributed by atoms with Crippen molar-refractivity contribution < 1.29 is 9.90 Å². The highest BCUT2D eigenvalue weighted by atomic mass is 35.5. The van der Waals surface area contributed by atoms with Gasteiger partial charge in [-0.15, -0.1) is 16.3 Å². The number of carboxylic acid groups (broad SMARTS) is 1. The number of rotatable bonds is 1. The molecule has 0 saturated heterocycles. The second-order valence-corrected chi connectivity index (χ2v) is 4.24. The first kappa shape index (κ1) is 10.9. The Morgan fingerprint density at radius 1 is 1.38 bits per heavy atom. The topological polar surface area (TPSA) is 54.6 Å². The Labute approximate surface area is 100 Å². The molecule has 1 amide bonds. The van der Waals surface area contributed by atoms with Gasteiger partial charge >= 0.3 is 6.09 Å². The predicted octanol–water partition coefficient (Wildman–Crippen LogP) is 2.77. The van der Waals surface area contributed by atoms with Crippen molar-refractivity contribution in [1.82, 2.24) is 4.57 Å². The maximum atomic E-state index is 10.5. The van der Waals surface area contributed by atoms with Crippen LogP contribution in [0.15, 0.2) is 40.8 Å². The third kappa shape index (κ3) is 2.32. The smallest absolute Gasteiger partial charge is 0.433 e. The van der Waals surface area contributed by atoms with Crippen LogP contribution in [0.25, 0.3) is 5.69 Å². The maximum absolute atomic E-state index is 10.5. The fraction of sp³-hybridized carbons (Fsp3) is 0. The lowest BCUT2D eigenvalue weighted by Gasteiger charge is -2.01. The van der Waals surface area contributed by atoms with Gasteiger partial charge in [-0.05, 0) is 24.3 Å². The molecule has 0 unspecified atom stereocenters. The highest BCUT2D eigenvalue weighted by Crippen LogP contribution is 2.12. The van der Waals surface area contributed by atoms with E-state index in [9.17, 15) is 4.79 Å². The van der Waals surface area contributed by atoms with E-state index in [1.165, 1.54) is 11.3 Å². The van der Waals surface area contributed by atoms with Crippen LogP contribution in [0.1, 0.15) is 0 Å². The standard InChI is InChI=1S/C10H7ClN2O2S/c11-7-1-3-8(4-2-7)13-5-6-16-9(13)12-10(14)15/h1-6H,(H,14,15)/b12-9+. The SMILES string of the molecule is O=C(O)/N=c1/sccn1-c1ccc(Cl)cc1. The van der Waals surface area contributed by atoms with Gasteiger partial charge in [0.1, 0.15) is 0 Å². The van der Waals surface area contributed by atoms with E-state index < -0.39 is 6.09 Å². The van der Waals surface area contributed by atoms with Crippen molar-refractivity contribution in [1.29, 1.82) is 0 Å². The van der Waals surface area contributed by atoms with Crippen molar-refractivity contribution in [2.45, 2.75) is 0 Å². The van der Waals surface area contributed by atoms with Crippen LogP contribution in [0.2, 0.25) is 5.02 Å². The highest BCUT2D eigenvalue weighted by molar-refractivity contribution is 7.07. The quantitative estimate of drug-likeness (QED) is 0.851. The van der Waals surface area contributed by atoms with Gasteiger partial charge in [0.15, 0.2) is 0 Å². The van der Waals surface area contributed by atoms with Crippen LogP contribution in [0.4, 0.5) is 4.79 Å². The molecule has 0 bridgehead atoms. The molecule has 16 heavy (non-hydrogen) atoms. The number of carbonyl (C=O) groups is 1. The molecule has 1 aromatic heterocycles. The highest BCUT2D eigenvalue weighted by Gasteiger charge is 2.00. The van der Waals surface area contributed by atoms with Crippen LogP contribution in [0.5, 0.6) is 0 Å². The molecule has 2 aromatic rings. The van der Waals surface area contributed by atoms with Crippen LogP contribution in [-0.2, 0) is 0 Å². The van der Waals surface area contributed by atoms with Crippen molar-refractivity contribution in [3.05, 3.63) is 45.7 Å². The van der Waals surface area contributed by atoms with Gasteiger partial charge < -0.3 is 5.11 Å². The van der Waals surface area contributed by atoms with Crippen LogP contribution in [0, 0.1) is 0 Å². The van der Waals surface area contributed by atoms with Crippen molar-refractivity contribution in [2.75, 3.05) is 0 Å². The average molecular weight is 255 g/mol. The van der Waals surface area contributed by atoms with E-state index >= 15 is 0 Å². The van der Waals surface area contributed by atoms with E-state index in [0.717, 1.165) is 5.69 Å². The summed E-state index contributed by atoms with van der Waals surface area (Å²) in [5.41, 5.74) is 0.825. The van der Waals surface area contributed by atoms with E-state index in [0.29, 0.717) is 9.82 Å². The number of thiazole rings is 1. The van der Waals surface area contributed by atoms with Crippen LogP contribution in [-0.4, -0.2) is 15.8 Å². The third-order valence-corrected chi connectivity index (χ3v) is 2.89. The summed E-state index contributed by atoms with van der Waals surface area (Å²) < 4.78 is 1.69. The Kier molecular flexibility index (Phi) is 3.07. The zero-order chi connectivity index (χ0) is 11.5. The second kappa shape index (κ2) is 4.51. The summed E-state index contributed by atoms with van der Waals surface area (Å²) in [7, 11) is 0. The molecular weight excluding hydrogens is 248 g/mol. The summed E-state index contributed by atoms with van der Waals surface area (Å²) in [6.07, 6.45) is 0.556. The molecule has 1 heterocycles. The Bertz CT molecular complexity index is 571. The minimum atomic E-state index is -1.20. The summed E-state index contributed by atoms with van der Waals surface area (Å²) in [5, 5.41) is 11.0. The van der Waals surface area contributed by atoms with Gasteiger partial charge in [-0.3, -0.25) is 4.57 Å². The molecule has 2 rings (SSSR count). The lowest BCUT2D eigenvalue weighted by molar-refractivity contribution is 0.204. The second-order valence-electron chi connectivity index (χ2n) is 2.93. The zero-order valence-electron chi connectivity index (χ0n) is 8.00. The largest absolute Gasteiger partial charge is 0.463 e. The van der Waals surface area contributed by atoms with Crippen LogP contribution < -0.4 is 4.80 Å². The van der Waals surface area contributed by atoms with E-state index in [-0.39, 0.29) is 0 Å². The summed E-state index contributed by atoms with van der Waals surface area (Å²) >= 11 is 7.03. The minimum Gasteiger partial charge on any atom is -0.463 e. The number of hydrogen-bond donors (Lipinski definition) is 1. The first-order valence-corrected chi connectivity index (χ1v) is 5.62. The van der Waals surface area contributed by atoms with E-state index in [2.05, 4.69) is 4.99 Å². The Morgan fingerprint density at radius 2 is 2.06 bits per heavy atom. The van der Waals surface area contributed by atoms with Gasteiger partial charge in [0.2, 0.25) is 4.80 Å². The Hall–Kier alpha value is -1.59. The molecule has 0 saturated carbocycles. The monoisotopic (exact) mass is 254 g/mol. The lowest BCUT2D eigenvalue weighted by atomic mass is 10.3. The lowest BCUT2D eigenvalue weighted by Crippen LogP contribution is -2.13. The zero-order valence-corrected chi connectivity index (χ0v) is 9.57. The molecule has 6 heteroatoms. The summed E-state index contributed by atoms with van der Waals surface area (Å²) in [4.78, 5) is 14.4. The van der Waals surface area contributed by atoms with Crippen molar-refractivity contribution >= 4 is 29.0 Å². The summed E-state index contributed by atoms with van der Waals surface area (Å²) in [5.74, 6) is 0. The molecule has 0 radical (unpaired) electrons. The van der Waals surface area contributed by atoms with Gasteiger partial charge in [0.25, 0.3) is 0 Å². The van der Waals surface area contributed by atoms with Gasteiger partial charge in [-0.2, -0.15) is 0 Å². The third-order valence-electron chi connectivity index (χ3n) is 1.89. The number of nitrogens with zero attached hydrogens (tertiary/aromatic N) is 2. The van der Waals surface area contributed by atoms with Crippen molar-refractivity contribution in [3.63, 3.8) is 0 Å². The van der Waals surface area contributed by atoms with Gasteiger partial charge in [-0.1, -0.05) is 11.6 Å². The van der Waals surface area contributed by atoms with Crippen LogP contribution >= 0.6 is 22.9 Å². The van der Waals surface area contributed by atoms with Gasteiger partial charge in [-0.25, -0.2) is 4.79 Å². The summed E-state index contributed by atoms with van der Waals surface area (Å²) in [6, 6.07) is 7.09. The molecule has 82 valence electrons. The number of amides is 1. The number of halogens is 1. The molecule has 0 spiro atoms. The normalized spacial score (nSPS) is 11.7. The number of hydrogen-bond acceptors (Lipinski definition) is 2. The fourth-order valence-electron chi connectivity index (χ4n) is 1.23. The number of benzene rings is 1. The van der Waals surface area contributed by atoms with E-state index in [4.69, 9.17) is 16.7 Å². The van der Waals surface area contributed by atoms with E-state index in [1.807, 2.05) is 0 Å². The van der Waals surface area contributed by atoms with Crippen molar-refractivity contribution in [2.24, 2.45) is 4.99 Å². The molecule has 0 fully saturated rings. The van der Waals surface area contributed by atoms with Crippen LogP contribution in [0.3, 0.4) is 0 Å². The summed E-state index contributed by atoms with van der Waals surface area (Å²) in [6.45, 7) is 0. The first-order chi connectivity index (χ1) is 7.66. The van der Waals surface area contributed by atoms with Gasteiger partial charge in [0, 0.05) is 22.3 Å². The van der Waals surface area contributed by atoms with Gasteiger partial charge in [0.05, 0.1) is 0 Å².